The lowest BCUT2D eigenvalue weighted by Gasteiger charge is -2.14. The Balaban J connectivity index is 1.81. The molecule has 0 radical (unpaired) electrons. The summed E-state index contributed by atoms with van der Waals surface area (Å²) >= 11 is 5.99. The zero-order valence-electron chi connectivity index (χ0n) is 18.3. The maximum Gasteiger partial charge on any atom is 0.248 e. The lowest BCUT2D eigenvalue weighted by molar-refractivity contribution is -0.111. The Hall–Kier alpha value is -3.71. The molecule has 0 saturated carbocycles. The standard InChI is InChI=1S/C24H25ClN4O3/c1-14-10-17(25)12-19(26)22(14)29-21(30)8-7-16-6-5-9-27-24(16)28-18-11-15(2)23(32-4)20(13-18)31-3/h5-13H,26H2,1-4H3,(H,27,28)(H,29,30)/b8-7+. The molecule has 1 aromatic heterocycles. The summed E-state index contributed by atoms with van der Waals surface area (Å²) in [7, 11) is 3.19. The molecular weight excluding hydrogens is 428 g/mol. The number of pyridine rings is 1. The number of nitrogens with one attached hydrogen (secondary N) is 2. The smallest absolute Gasteiger partial charge is 0.248 e. The number of carbonyl (C=O) groups is 1. The number of nitrogens with zero attached hydrogens (tertiary/aromatic N) is 1. The summed E-state index contributed by atoms with van der Waals surface area (Å²) in [6.07, 6.45) is 4.78. The SMILES string of the molecule is COc1cc(Nc2ncccc2/C=C/C(=O)Nc2c(C)cc(Cl)cc2N)cc(C)c1OC. The van der Waals surface area contributed by atoms with Gasteiger partial charge in [-0.1, -0.05) is 11.6 Å². The van der Waals surface area contributed by atoms with Gasteiger partial charge >= 0.3 is 0 Å². The molecule has 7 nitrogen and oxygen atoms in total. The van der Waals surface area contributed by atoms with Gasteiger partial charge in [-0.2, -0.15) is 0 Å². The monoisotopic (exact) mass is 452 g/mol. The Morgan fingerprint density at radius 1 is 1.12 bits per heavy atom. The van der Waals surface area contributed by atoms with Crippen molar-refractivity contribution in [1.29, 1.82) is 0 Å². The van der Waals surface area contributed by atoms with E-state index in [0.29, 0.717) is 33.7 Å². The van der Waals surface area contributed by atoms with Crippen LogP contribution in [0, 0.1) is 13.8 Å². The predicted molar refractivity (Wildman–Crippen MR) is 130 cm³/mol. The highest BCUT2D eigenvalue weighted by atomic mass is 35.5. The largest absolute Gasteiger partial charge is 0.493 e. The molecule has 0 saturated heterocycles. The fourth-order valence-electron chi connectivity index (χ4n) is 3.29. The van der Waals surface area contributed by atoms with Crippen LogP contribution in [0.15, 0.2) is 48.7 Å². The minimum absolute atomic E-state index is 0.320. The molecule has 0 bridgehead atoms. The maximum absolute atomic E-state index is 12.5. The van der Waals surface area contributed by atoms with Crippen molar-refractivity contribution in [3.63, 3.8) is 0 Å². The zero-order chi connectivity index (χ0) is 23.3. The van der Waals surface area contributed by atoms with E-state index in [1.165, 1.54) is 6.08 Å². The van der Waals surface area contributed by atoms with Crippen LogP contribution < -0.4 is 25.8 Å². The highest BCUT2D eigenvalue weighted by Gasteiger charge is 2.11. The van der Waals surface area contributed by atoms with Crippen LogP contribution in [0.2, 0.25) is 5.02 Å². The molecular formula is C24H25ClN4O3. The third kappa shape index (κ3) is 5.31. The number of ether oxygens (including phenoxy) is 2. The highest BCUT2D eigenvalue weighted by Crippen LogP contribution is 2.35. The average molecular weight is 453 g/mol. The molecule has 0 spiro atoms. The van der Waals surface area contributed by atoms with Crippen molar-refractivity contribution in [2.24, 2.45) is 0 Å². The molecule has 3 rings (SSSR count). The third-order valence-electron chi connectivity index (χ3n) is 4.76. The Kier molecular flexibility index (Phi) is 7.22. The van der Waals surface area contributed by atoms with E-state index in [2.05, 4.69) is 15.6 Å². The molecule has 0 aliphatic rings. The Labute approximate surface area is 192 Å². The number of nitrogen functional groups attached to an aromatic ring is 1. The average Bonchev–Trinajstić information content (AvgIpc) is 2.75. The number of hydrogen-bond acceptors (Lipinski definition) is 6. The number of benzene rings is 2. The van der Waals surface area contributed by atoms with Gasteiger partial charge in [0.2, 0.25) is 5.91 Å². The lowest BCUT2D eigenvalue weighted by atomic mass is 10.1. The minimum atomic E-state index is -0.320. The summed E-state index contributed by atoms with van der Waals surface area (Å²) in [5.74, 6) is 1.55. The molecule has 0 unspecified atom stereocenters. The van der Waals surface area contributed by atoms with Gasteiger partial charge < -0.3 is 25.8 Å². The van der Waals surface area contributed by atoms with E-state index in [1.54, 1.807) is 44.7 Å². The van der Waals surface area contributed by atoms with Gasteiger partial charge in [0.05, 0.1) is 25.6 Å². The van der Waals surface area contributed by atoms with E-state index in [4.69, 9.17) is 26.8 Å². The number of aryl methyl sites for hydroxylation is 2. The van der Waals surface area contributed by atoms with Gasteiger partial charge in [-0.3, -0.25) is 4.79 Å². The van der Waals surface area contributed by atoms with Crippen molar-refractivity contribution in [2.75, 3.05) is 30.6 Å². The van der Waals surface area contributed by atoms with Crippen LogP contribution in [-0.4, -0.2) is 25.1 Å². The molecule has 166 valence electrons. The van der Waals surface area contributed by atoms with Crippen LogP contribution in [-0.2, 0) is 4.79 Å². The van der Waals surface area contributed by atoms with Crippen molar-refractivity contribution in [3.05, 3.63) is 70.4 Å². The molecule has 32 heavy (non-hydrogen) atoms. The van der Waals surface area contributed by atoms with Gasteiger partial charge in [-0.05, 0) is 61.4 Å². The molecule has 2 aromatic carbocycles. The van der Waals surface area contributed by atoms with E-state index in [-0.39, 0.29) is 5.91 Å². The quantitative estimate of drug-likeness (QED) is 0.330. The lowest BCUT2D eigenvalue weighted by Crippen LogP contribution is -2.11. The number of methoxy groups -OCH3 is 2. The van der Waals surface area contributed by atoms with Gasteiger partial charge in [-0.15, -0.1) is 0 Å². The number of carbonyl (C=O) groups excluding carboxylic acids is 1. The molecule has 4 N–H and O–H groups in total. The second-order valence-corrected chi connectivity index (χ2v) is 7.54. The number of halogens is 1. The summed E-state index contributed by atoms with van der Waals surface area (Å²) < 4.78 is 10.8. The van der Waals surface area contributed by atoms with Gasteiger partial charge in [-0.25, -0.2) is 4.98 Å². The molecule has 0 aliphatic heterocycles. The van der Waals surface area contributed by atoms with Crippen molar-refractivity contribution < 1.29 is 14.3 Å². The summed E-state index contributed by atoms with van der Waals surface area (Å²) in [6, 6.07) is 10.8. The number of amides is 1. The third-order valence-corrected chi connectivity index (χ3v) is 4.98. The number of hydrogen-bond donors (Lipinski definition) is 3. The first-order valence-corrected chi connectivity index (χ1v) is 10.2. The van der Waals surface area contributed by atoms with Gasteiger partial charge in [0.1, 0.15) is 5.82 Å². The fourth-order valence-corrected chi connectivity index (χ4v) is 3.57. The van der Waals surface area contributed by atoms with E-state index < -0.39 is 0 Å². The van der Waals surface area contributed by atoms with Crippen molar-refractivity contribution in [1.82, 2.24) is 4.98 Å². The first-order valence-electron chi connectivity index (χ1n) is 9.81. The summed E-state index contributed by atoms with van der Waals surface area (Å²) in [4.78, 5) is 16.9. The second-order valence-electron chi connectivity index (χ2n) is 7.10. The molecule has 3 aromatic rings. The molecule has 0 atom stereocenters. The van der Waals surface area contributed by atoms with Crippen molar-refractivity contribution in [2.45, 2.75) is 13.8 Å². The normalized spacial score (nSPS) is 10.8. The van der Waals surface area contributed by atoms with Gasteiger partial charge in [0.15, 0.2) is 11.5 Å². The van der Waals surface area contributed by atoms with Crippen LogP contribution in [0.3, 0.4) is 0 Å². The molecule has 1 amide bonds. The number of nitrogens with two attached hydrogens (primary N) is 1. The topological polar surface area (TPSA) is 98.5 Å². The minimum Gasteiger partial charge on any atom is -0.493 e. The van der Waals surface area contributed by atoms with Gasteiger partial charge in [0.25, 0.3) is 0 Å². The Morgan fingerprint density at radius 3 is 2.59 bits per heavy atom. The Bertz CT molecular complexity index is 1150. The Morgan fingerprint density at radius 2 is 1.91 bits per heavy atom. The van der Waals surface area contributed by atoms with E-state index in [0.717, 1.165) is 22.4 Å². The van der Waals surface area contributed by atoms with Gasteiger partial charge in [0, 0.05) is 34.6 Å². The van der Waals surface area contributed by atoms with Crippen LogP contribution >= 0.6 is 11.6 Å². The number of rotatable bonds is 7. The van der Waals surface area contributed by atoms with E-state index in [9.17, 15) is 4.79 Å². The summed E-state index contributed by atoms with van der Waals surface area (Å²) in [5.41, 5.74) is 10.1. The first kappa shape index (κ1) is 23.0. The van der Waals surface area contributed by atoms with Crippen LogP contribution in [0.5, 0.6) is 11.5 Å². The van der Waals surface area contributed by atoms with Crippen LogP contribution in [0.4, 0.5) is 22.9 Å². The van der Waals surface area contributed by atoms with Crippen LogP contribution in [0.25, 0.3) is 6.08 Å². The molecule has 0 aliphatic carbocycles. The predicted octanol–water partition coefficient (Wildman–Crippen LogP) is 5.35. The molecule has 8 heteroatoms. The van der Waals surface area contributed by atoms with Crippen LogP contribution in [0.1, 0.15) is 16.7 Å². The molecule has 1 heterocycles. The number of anilines is 4. The second kappa shape index (κ2) is 10.1. The van der Waals surface area contributed by atoms with E-state index in [1.807, 2.05) is 32.0 Å². The summed E-state index contributed by atoms with van der Waals surface area (Å²) in [6.45, 7) is 3.76. The zero-order valence-corrected chi connectivity index (χ0v) is 19.1. The van der Waals surface area contributed by atoms with Crippen molar-refractivity contribution >= 4 is 46.5 Å². The molecule has 0 fully saturated rings. The maximum atomic E-state index is 12.5. The number of aromatic nitrogens is 1. The highest BCUT2D eigenvalue weighted by molar-refractivity contribution is 6.31. The van der Waals surface area contributed by atoms with Crippen molar-refractivity contribution in [3.8, 4) is 11.5 Å². The first-order chi connectivity index (χ1) is 15.3. The fraction of sp³-hybridized carbons (Fsp3) is 0.167. The summed E-state index contributed by atoms with van der Waals surface area (Å²) in [5, 5.41) is 6.59. The van der Waals surface area contributed by atoms with E-state index >= 15 is 0 Å².